The second kappa shape index (κ2) is 7.33. The number of amides is 1. The van der Waals surface area contributed by atoms with Crippen molar-refractivity contribution in [3.63, 3.8) is 0 Å². The lowest BCUT2D eigenvalue weighted by Gasteiger charge is -2.22. The second-order valence-corrected chi connectivity index (χ2v) is 6.60. The Kier molecular flexibility index (Phi) is 6.07. The lowest BCUT2D eigenvalue weighted by atomic mass is 9.83. The van der Waals surface area contributed by atoms with E-state index in [1.165, 1.54) is 11.8 Å². The van der Waals surface area contributed by atoms with E-state index in [1.807, 2.05) is 24.3 Å². The molecule has 0 saturated heterocycles. The molecule has 2 N–H and O–H groups in total. The average molecular weight is 295 g/mol. The number of aliphatic carboxylic acids is 1. The number of rotatable bonds is 6. The zero-order valence-corrected chi connectivity index (χ0v) is 12.9. The predicted octanol–water partition coefficient (Wildman–Crippen LogP) is 2.53. The largest absolute Gasteiger partial charge is 0.481 e. The fourth-order valence-corrected chi connectivity index (χ4v) is 2.39. The van der Waals surface area contributed by atoms with Gasteiger partial charge in [0.2, 0.25) is 0 Å². The van der Waals surface area contributed by atoms with Crippen LogP contribution in [-0.2, 0) is 10.2 Å². The second-order valence-electron chi connectivity index (χ2n) is 5.50. The Hall–Kier alpha value is -1.49. The summed E-state index contributed by atoms with van der Waals surface area (Å²) in [5.41, 5.74) is 1.60. The number of carboxylic acids is 1. The maximum absolute atomic E-state index is 12.2. The van der Waals surface area contributed by atoms with Crippen LogP contribution >= 0.6 is 11.8 Å². The summed E-state index contributed by atoms with van der Waals surface area (Å²) >= 11 is 1.29. The van der Waals surface area contributed by atoms with Gasteiger partial charge in [-0.1, -0.05) is 39.0 Å². The maximum Gasteiger partial charge on any atom is 0.313 e. The van der Waals surface area contributed by atoms with Gasteiger partial charge < -0.3 is 10.4 Å². The van der Waals surface area contributed by atoms with Crippen LogP contribution in [0.5, 0.6) is 0 Å². The lowest BCUT2D eigenvalue weighted by Crippen LogP contribution is -2.29. The van der Waals surface area contributed by atoms with Crippen LogP contribution in [0, 0.1) is 0 Å². The summed E-state index contributed by atoms with van der Waals surface area (Å²) in [6.45, 7) is 6.68. The first-order valence-corrected chi connectivity index (χ1v) is 7.65. The van der Waals surface area contributed by atoms with Gasteiger partial charge in [0.25, 0.3) is 5.91 Å². The molecular weight excluding hydrogens is 274 g/mol. The van der Waals surface area contributed by atoms with Crippen molar-refractivity contribution in [2.75, 3.05) is 18.1 Å². The van der Waals surface area contributed by atoms with Gasteiger partial charge in [-0.3, -0.25) is 9.59 Å². The number of hydrogen-bond donors (Lipinski definition) is 2. The van der Waals surface area contributed by atoms with Gasteiger partial charge in [0, 0.05) is 17.9 Å². The van der Waals surface area contributed by atoms with Crippen LogP contribution in [-0.4, -0.2) is 35.0 Å². The molecule has 0 aromatic heterocycles. The first kappa shape index (κ1) is 16.6. The molecule has 0 aliphatic heterocycles. The van der Waals surface area contributed by atoms with Crippen molar-refractivity contribution in [2.24, 2.45) is 0 Å². The number of thioether (sulfide) groups is 1. The van der Waals surface area contributed by atoms with Crippen molar-refractivity contribution in [1.82, 2.24) is 5.32 Å². The summed E-state index contributed by atoms with van der Waals surface area (Å²) < 4.78 is 0. The van der Waals surface area contributed by atoms with Gasteiger partial charge in [0.1, 0.15) is 0 Å². The molecule has 0 bridgehead atoms. The molecule has 0 radical (unpaired) electrons. The van der Waals surface area contributed by atoms with Crippen LogP contribution in [0.1, 0.15) is 36.7 Å². The lowest BCUT2D eigenvalue weighted by molar-refractivity contribution is -0.133. The molecule has 0 fully saturated rings. The van der Waals surface area contributed by atoms with E-state index in [1.54, 1.807) is 0 Å². The molecule has 110 valence electrons. The molecule has 4 nitrogen and oxygen atoms in total. The molecular formula is C15H21NO3S. The molecule has 1 amide bonds. The van der Waals surface area contributed by atoms with Crippen molar-refractivity contribution in [2.45, 2.75) is 26.2 Å². The maximum atomic E-state index is 12.2. The molecule has 1 aromatic carbocycles. The topological polar surface area (TPSA) is 66.4 Å². The van der Waals surface area contributed by atoms with E-state index in [2.05, 4.69) is 26.1 Å². The molecule has 0 aliphatic rings. The predicted molar refractivity (Wildman–Crippen MR) is 82.4 cm³/mol. The summed E-state index contributed by atoms with van der Waals surface area (Å²) in [6.07, 6.45) is 0. The van der Waals surface area contributed by atoms with Crippen molar-refractivity contribution in [3.05, 3.63) is 35.4 Å². The molecule has 0 atom stereocenters. The Morgan fingerprint density at radius 3 is 2.50 bits per heavy atom. The minimum Gasteiger partial charge on any atom is -0.481 e. The normalized spacial score (nSPS) is 11.2. The van der Waals surface area contributed by atoms with Crippen LogP contribution in [0.2, 0.25) is 0 Å². The van der Waals surface area contributed by atoms with E-state index in [9.17, 15) is 9.59 Å². The van der Waals surface area contributed by atoms with Crippen molar-refractivity contribution >= 4 is 23.6 Å². The summed E-state index contributed by atoms with van der Waals surface area (Å²) in [5, 5.41) is 11.4. The van der Waals surface area contributed by atoms with Gasteiger partial charge in [0.15, 0.2) is 0 Å². The number of carbonyl (C=O) groups excluding carboxylic acids is 1. The highest BCUT2D eigenvalue weighted by molar-refractivity contribution is 7.99. The third-order valence-corrected chi connectivity index (χ3v) is 3.68. The molecule has 0 heterocycles. The molecule has 1 rings (SSSR count). The van der Waals surface area contributed by atoms with Crippen LogP contribution in [0.4, 0.5) is 0 Å². The summed E-state index contributed by atoms with van der Waals surface area (Å²) in [5.74, 6) is -0.282. The fraction of sp³-hybridized carbons (Fsp3) is 0.467. The average Bonchev–Trinajstić information content (AvgIpc) is 2.36. The highest BCUT2D eigenvalue weighted by Crippen LogP contribution is 2.25. The van der Waals surface area contributed by atoms with Gasteiger partial charge in [-0.15, -0.1) is 11.8 Å². The minimum atomic E-state index is -0.834. The monoisotopic (exact) mass is 295 g/mol. The molecule has 1 aromatic rings. The minimum absolute atomic E-state index is 0.0639. The number of nitrogens with one attached hydrogen (secondary N) is 1. The highest BCUT2D eigenvalue weighted by Gasteiger charge is 2.20. The SMILES string of the molecule is CC(C)(C)c1ccccc1C(=O)NCCSCC(=O)O. The Morgan fingerprint density at radius 2 is 1.90 bits per heavy atom. The zero-order valence-electron chi connectivity index (χ0n) is 12.1. The van der Waals surface area contributed by atoms with Crippen LogP contribution in [0.15, 0.2) is 24.3 Å². The van der Waals surface area contributed by atoms with Crippen LogP contribution in [0.3, 0.4) is 0 Å². The smallest absolute Gasteiger partial charge is 0.313 e. The molecule has 0 spiro atoms. The molecule has 20 heavy (non-hydrogen) atoms. The molecule has 0 aliphatic carbocycles. The van der Waals surface area contributed by atoms with Crippen molar-refractivity contribution in [3.8, 4) is 0 Å². The zero-order chi connectivity index (χ0) is 15.2. The Bertz CT molecular complexity index is 480. The van der Waals surface area contributed by atoms with Crippen LogP contribution < -0.4 is 5.32 Å². The Morgan fingerprint density at radius 1 is 1.25 bits per heavy atom. The Balaban J connectivity index is 2.58. The molecule has 0 saturated carbocycles. The fourth-order valence-electron chi connectivity index (χ4n) is 1.83. The number of benzene rings is 1. The van der Waals surface area contributed by atoms with Crippen molar-refractivity contribution < 1.29 is 14.7 Å². The van der Waals surface area contributed by atoms with E-state index in [4.69, 9.17) is 5.11 Å². The van der Waals surface area contributed by atoms with Gasteiger partial charge >= 0.3 is 5.97 Å². The van der Waals surface area contributed by atoms with E-state index in [0.717, 1.165) is 5.56 Å². The first-order valence-electron chi connectivity index (χ1n) is 6.49. The number of carbonyl (C=O) groups is 2. The van der Waals surface area contributed by atoms with Gasteiger partial charge in [-0.2, -0.15) is 0 Å². The van der Waals surface area contributed by atoms with E-state index >= 15 is 0 Å². The summed E-state index contributed by atoms with van der Waals surface area (Å²) in [7, 11) is 0. The third kappa shape index (κ3) is 5.25. The molecule has 0 unspecified atom stereocenters. The first-order chi connectivity index (χ1) is 9.32. The van der Waals surface area contributed by atoms with Crippen LogP contribution in [0.25, 0.3) is 0 Å². The van der Waals surface area contributed by atoms with Gasteiger partial charge in [0.05, 0.1) is 5.75 Å². The highest BCUT2D eigenvalue weighted by atomic mass is 32.2. The summed E-state index contributed by atoms with van der Waals surface area (Å²) in [6, 6.07) is 7.57. The standard InChI is InChI=1S/C15H21NO3S/c1-15(2,3)12-7-5-4-6-11(12)14(19)16-8-9-20-10-13(17)18/h4-7H,8-10H2,1-3H3,(H,16,19)(H,17,18). The van der Waals surface area contributed by atoms with Gasteiger partial charge in [-0.25, -0.2) is 0 Å². The van der Waals surface area contributed by atoms with E-state index < -0.39 is 5.97 Å². The number of carboxylic acid groups (broad SMARTS) is 1. The Labute approximate surface area is 124 Å². The van der Waals surface area contributed by atoms with Gasteiger partial charge in [-0.05, 0) is 17.0 Å². The number of hydrogen-bond acceptors (Lipinski definition) is 3. The van der Waals surface area contributed by atoms with E-state index in [0.29, 0.717) is 17.9 Å². The summed E-state index contributed by atoms with van der Waals surface area (Å²) in [4.78, 5) is 22.5. The third-order valence-electron chi connectivity index (χ3n) is 2.74. The van der Waals surface area contributed by atoms with E-state index in [-0.39, 0.29) is 17.1 Å². The quantitative estimate of drug-likeness (QED) is 0.792. The van der Waals surface area contributed by atoms with Crippen molar-refractivity contribution in [1.29, 1.82) is 0 Å². The molecule has 5 heteroatoms.